The van der Waals surface area contributed by atoms with Gasteiger partial charge in [0.1, 0.15) is 15.5 Å². The van der Waals surface area contributed by atoms with Gasteiger partial charge in [0.15, 0.2) is 11.5 Å². The van der Waals surface area contributed by atoms with Crippen LogP contribution in [0.15, 0.2) is 133 Å². The molecule has 0 atom stereocenters. The van der Waals surface area contributed by atoms with E-state index >= 15 is 0 Å². The molecule has 2 aliphatic rings. The fourth-order valence-electron chi connectivity index (χ4n) is 5.09. The van der Waals surface area contributed by atoms with E-state index in [1.165, 1.54) is 24.3 Å². The summed E-state index contributed by atoms with van der Waals surface area (Å²) >= 11 is 0. The van der Waals surface area contributed by atoms with Crippen LogP contribution >= 0.6 is 0 Å². The number of hydrogen-bond acceptors (Lipinski definition) is 15. The average molecular weight is 792 g/mol. The number of nitro benzene ring substituents is 1. The van der Waals surface area contributed by atoms with Crippen molar-refractivity contribution in [1.29, 1.82) is 0 Å². The zero-order valence-electron chi connectivity index (χ0n) is 28.2. The molecule has 0 saturated heterocycles. The largest absolute Gasteiger partial charge is 1.00 e. The van der Waals surface area contributed by atoms with E-state index in [0.717, 1.165) is 35.4 Å². The zero-order chi connectivity index (χ0) is 38.8. The predicted molar refractivity (Wildman–Crippen MR) is 199 cm³/mol. The van der Waals surface area contributed by atoms with Gasteiger partial charge in [0, 0.05) is 12.1 Å². The SMILES string of the molecule is Nc1c(N=Nc2ccc([N+](=O)[O-])cc2)c(S(=O)(=O)O)cc2c1C(=O)/C(=N/Nc1ccc(-c3ccc(NN=C4C=CC(=O)C=C4)cc3)cc1)C(S(=O)(=O)O)=C2.[Na+]. The summed E-state index contributed by atoms with van der Waals surface area (Å²) in [6.45, 7) is 0. The smallest absolute Gasteiger partial charge is 0.396 e. The van der Waals surface area contributed by atoms with Crippen molar-refractivity contribution in [2.24, 2.45) is 20.4 Å². The summed E-state index contributed by atoms with van der Waals surface area (Å²) in [5.74, 6) is -1.28. The predicted octanol–water partition coefficient (Wildman–Crippen LogP) is 2.87. The van der Waals surface area contributed by atoms with E-state index in [9.17, 15) is 45.6 Å². The summed E-state index contributed by atoms with van der Waals surface area (Å²) in [6.07, 6.45) is 6.74. The normalized spacial score (nSPS) is 14.7. The number of hydrazone groups is 2. The number of nitrogen functional groups attached to an aromatic ring is 1. The van der Waals surface area contributed by atoms with Crippen LogP contribution in [0.5, 0.6) is 0 Å². The van der Waals surface area contributed by atoms with Gasteiger partial charge in [-0.3, -0.25) is 39.7 Å². The molecule has 4 aromatic carbocycles. The first kappa shape index (κ1) is 40.2. The van der Waals surface area contributed by atoms with Gasteiger partial charge in [0.2, 0.25) is 5.78 Å². The van der Waals surface area contributed by atoms with Gasteiger partial charge in [-0.2, -0.15) is 32.2 Å². The van der Waals surface area contributed by atoms with Crippen molar-refractivity contribution < 1.29 is 70.0 Å². The van der Waals surface area contributed by atoms with Crippen LogP contribution in [0.2, 0.25) is 0 Å². The molecule has 0 amide bonds. The second-order valence-corrected chi connectivity index (χ2v) is 14.1. The number of nitro groups is 1. The molecule has 4 aromatic rings. The van der Waals surface area contributed by atoms with Crippen molar-refractivity contribution in [2.75, 3.05) is 16.6 Å². The molecule has 0 radical (unpaired) electrons. The van der Waals surface area contributed by atoms with Crippen molar-refractivity contribution >= 4 is 83.4 Å². The molecule has 0 heterocycles. The van der Waals surface area contributed by atoms with Crippen molar-refractivity contribution in [3.8, 4) is 11.1 Å². The molecule has 272 valence electrons. The molecular weight excluding hydrogens is 768 g/mol. The average Bonchev–Trinajstić information content (AvgIpc) is 3.13. The number of carbonyl (C=O) groups is 2. The maximum Gasteiger partial charge on any atom is 1.00 e. The van der Waals surface area contributed by atoms with E-state index in [-0.39, 0.29) is 46.7 Å². The van der Waals surface area contributed by atoms with Crippen LogP contribution in [0.4, 0.5) is 34.1 Å². The van der Waals surface area contributed by atoms with Crippen LogP contribution in [0.3, 0.4) is 0 Å². The van der Waals surface area contributed by atoms with Gasteiger partial charge in [-0.15, -0.1) is 5.11 Å². The summed E-state index contributed by atoms with van der Waals surface area (Å²) in [7, 11) is -10.3. The minimum absolute atomic E-state index is 0. The number of benzene rings is 4. The van der Waals surface area contributed by atoms with E-state index in [4.69, 9.17) is 5.73 Å². The molecule has 6 N–H and O–H groups in total. The standard InChI is InChI=1S/C34H24N8O10S2.Na/c35-31-30-21(17-28(53(47,48)49)32(31)40-38-24-9-13-26(14-10-24)42(45)46)18-29(54(50,51)52)33(34(30)44)41-39-23-7-3-20(4-8-23)19-1-5-22(6-2-19)36-37-25-11-15-27(43)16-12-25;/h1-18,36,39H,35H2,(H,47,48,49)(H,50,51,52);/q;+1/b40-38?,41-33+;. The van der Waals surface area contributed by atoms with Crippen molar-refractivity contribution in [2.45, 2.75) is 4.90 Å². The third kappa shape index (κ3) is 9.21. The van der Waals surface area contributed by atoms with Gasteiger partial charge in [0.25, 0.3) is 25.9 Å². The number of nitrogens with zero attached hydrogens (tertiary/aromatic N) is 5. The van der Waals surface area contributed by atoms with Gasteiger partial charge in [-0.1, -0.05) is 24.3 Å². The molecule has 0 aromatic heterocycles. The molecule has 0 unspecified atom stereocenters. The molecule has 55 heavy (non-hydrogen) atoms. The van der Waals surface area contributed by atoms with Crippen LogP contribution in [0, 0.1) is 10.1 Å². The number of ketones is 2. The summed E-state index contributed by atoms with van der Waals surface area (Å²) in [4.78, 5) is 33.4. The van der Waals surface area contributed by atoms with E-state index in [2.05, 4.69) is 31.3 Å². The first-order valence-electron chi connectivity index (χ1n) is 15.2. The minimum Gasteiger partial charge on any atom is -0.396 e. The Morgan fingerprint density at radius 3 is 1.78 bits per heavy atom. The summed E-state index contributed by atoms with van der Waals surface area (Å²) < 4.78 is 69.4. The summed E-state index contributed by atoms with van der Waals surface area (Å²) in [5, 5.41) is 26.7. The van der Waals surface area contributed by atoms with Crippen LogP contribution in [-0.2, 0) is 25.0 Å². The van der Waals surface area contributed by atoms with Gasteiger partial charge in [-0.25, -0.2) is 0 Å². The molecule has 2 aliphatic carbocycles. The number of fused-ring (bicyclic) bond motifs is 1. The molecule has 18 nitrogen and oxygen atoms in total. The first-order chi connectivity index (χ1) is 25.6. The zero-order valence-corrected chi connectivity index (χ0v) is 31.8. The van der Waals surface area contributed by atoms with Gasteiger partial charge >= 0.3 is 29.6 Å². The number of nitrogens with one attached hydrogen (secondary N) is 2. The fraction of sp³-hybridized carbons (Fsp3) is 0. The summed E-state index contributed by atoms with van der Waals surface area (Å²) in [6, 6.07) is 19.2. The maximum absolute atomic E-state index is 13.8. The third-order valence-corrected chi connectivity index (χ3v) is 9.46. The van der Waals surface area contributed by atoms with Gasteiger partial charge in [-0.05, 0) is 89.5 Å². The second-order valence-electron chi connectivity index (χ2n) is 11.3. The quantitative estimate of drug-likeness (QED) is 0.0294. The second kappa shape index (κ2) is 16.2. The van der Waals surface area contributed by atoms with Crippen LogP contribution < -0.4 is 46.1 Å². The fourth-order valence-corrected chi connectivity index (χ4v) is 6.42. The van der Waals surface area contributed by atoms with E-state index in [1.54, 1.807) is 48.6 Å². The van der Waals surface area contributed by atoms with Crippen LogP contribution in [0.25, 0.3) is 17.2 Å². The Labute approximate surface area is 333 Å². The number of anilines is 3. The molecule has 6 rings (SSSR count). The van der Waals surface area contributed by atoms with Crippen molar-refractivity contribution in [1.82, 2.24) is 0 Å². The molecule has 21 heteroatoms. The van der Waals surface area contributed by atoms with Gasteiger partial charge < -0.3 is 5.73 Å². The number of nitrogens with two attached hydrogens (primary N) is 1. The Morgan fingerprint density at radius 2 is 1.27 bits per heavy atom. The molecule has 0 fully saturated rings. The Hall–Kier alpha value is -6.00. The van der Waals surface area contributed by atoms with Crippen molar-refractivity contribution in [3.63, 3.8) is 0 Å². The van der Waals surface area contributed by atoms with Crippen LogP contribution in [0.1, 0.15) is 15.9 Å². The number of hydrogen-bond donors (Lipinski definition) is 5. The molecule has 0 saturated carbocycles. The Morgan fingerprint density at radius 1 is 0.727 bits per heavy atom. The molecule has 0 bridgehead atoms. The summed E-state index contributed by atoms with van der Waals surface area (Å²) in [5.41, 5.74) is 11.6. The number of non-ortho nitro benzene ring substituents is 1. The maximum atomic E-state index is 13.8. The number of azo groups is 1. The van der Waals surface area contributed by atoms with E-state index in [0.29, 0.717) is 17.1 Å². The number of rotatable bonds is 10. The number of Topliss-reactive ketones (excluding diaryl/α,β-unsaturated/α-hetero) is 1. The van der Waals surface area contributed by atoms with Crippen molar-refractivity contribution in [3.05, 3.63) is 129 Å². The monoisotopic (exact) mass is 791 g/mol. The molecule has 0 spiro atoms. The first-order valence-corrected chi connectivity index (χ1v) is 18.1. The number of carbonyl (C=O) groups excluding carboxylic acids is 2. The number of allylic oxidation sites excluding steroid dienone is 5. The molecular formula is C34H24N8NaO10S2+. The van der Waals surface area contributed by atoms with E-state index in [1.807, 2.05) is 12.1 Å². The Kier molecular flexibility index (Phi) is 11.8. The minimum atomic E-state index is -5.15. The Balaban J connectivity index is 0.00000580. The van der Waals surface area contributed by atoms with Gasteiger partial charge in [0.05, 0.1) is 38.9 Å². The third-order valence-electron chi connectivity index (χ3n) is 7.73. The topological polar surface area (TPSA) is 286 Å². The van der Waals surface area contributed by atoms with Crippen LogP contribution in [-0.4, -0.2) is 53.9 Å². The van der Waals surface area contributed by atoms with E-state index < -0.39 is 69.0 Å². The molecule has 0 aliphatic heterocycles. The Bertz CT molecular complexity index is 2640.